The van der Waals surface area contributed by atoms with Crippen LogP contribution in [0.3, 0.4) is 0 Å². The van der Waals surface area contributed by atoms with E-state index in [-0.39, 0.29) is 6.61 Å². The molecule has 0 fully saturated rings. The minimum atomic E-state index is -0.0602. The molecule has 1 N–H and O–H groups in total. The van der Waals surface area contributed by atoms with Crippen molar-refractivity contribution in [1.82, 2.24) is 24.1 Å². The summed E-state index contributed by atoms with van der Waals surface area (Å²) in [5.74, 6) is 1.66. The van der Waals surface area contributed by atoms with Crippen molar-refractivity contribution in [3.05, 3.63) is 59.3 Å². The molecule has 0 atom stereocenters. The van der Waals surface area contributed by atoms with Crippen molar-refractivity contribution in [2.24, 2.45) is 7.05 Å². The second-order valence-electron chi connectivity index (χ2n) is 7.27. The molecule has 0 aliphatic carbocycles. The number of anilines is 1. The molecule has 3 aromatic heterocycles. The molecule has 0 unspecified atom stereocenters. The first-order valence-corrected chi connectivity index (χ1v) is 9.99. The third kappa shape index (κ3) is 3.07. The van der Waals surface area contributed by atoms with Crippen molar-refractivity contribution in [2.75, 3.05) is 11.4 Å². The summed E-state index contributed by atoms with van der Waals surface area (Å²) in [6.45, 7) is 2.33. The Labute approximate surface area is 173 Å². The topological polar surface area (TPSA) is 72.0 Å². The summed E-state index contributed by atoms with van der Waals surface area (Å²) >= 11 is 6.53. The number of aromatic nitrogens is 5. The highest BCUT2D eigenvalue weighted by Gasteiger charge is 2.21. The van der Waals surface area contributed by atoms with E-state index in [9.17, 15) is 5.11 Å². The van der Waals surface area contributed by atoms with Gasteiger partial charge in [-0.1, -0.05) is 23.7 Å². The molecule has 1 aliphatic rings. The number of fused-ring (bicyclic) bond motifs is 2. The van der Waals surface area contributed by atoms with Crippen LogP contribution in [0.5, 0.6) is 0 Å². The molecule has 5 rings (SSSR count). The van der Waals surface area contributed by atoms with Crippen LogP contribution < -0.4 is 4.90 Å². The maximum atomic E-state index is 9.62. The van der Waals surface area contributed by atoms with Gasteiger partial charge in [0.15, 0.2) is 0 Å². The largest absolute Gasteiger partial charge is 0.390 e. The first-order chi connectivity index (χ1) is 14.2. The zero-order valence-electron chi connectivity index (χ0n) is 16.1. The van der Waals surface area contributed by atoms with Crippen LogP contribution in [0.15, 0.2) is 42.9 Å². The van der Waals surface area contributed by atoms with Gasteiger partial charge in [0, 0.05) is 31.9 Å². The molecule has 148 valence electrons. The van der Waals surface area contributed by atoms with Crippen LogP contribution in [0.25, 0.3) is 22.4 Å². The fourth-order valence-corrected chi connectivity index (χ4v) is 4.19. The fourth-order valence-electron chi connectivity index (χ4n) is 4.00. The normalized spacial score (nSPS) is 14.2. The molecule has 1 aromatic carbocycles. The van der Waals surface area contributed by atoms with Gasteiger partial charge >= 0.3 is 0 Å². The van der Waals surface area contributed by atoms with Gasteiger partial charge in [0.2, 0.25) is 0 Å². The van der Waals surface area contributed by atoms with E-state index in [4.69, 9.17) is 16.6 Å². The van der Waals surface area contributed by atoms with E-state index < -0.39 is 0 Å². The number of rotatable bonds is 3. The fraction of sp³-hybridized carbons (Fsp3) is 0.286. The minimum Gasteiger partial charge on any atom is -0.390 e. The lowest BCUT2D eigenvalue weighted by atomic mass is 10.2. The molecule has 4 heterocycles. The Morgan fingerprint density at radius 1 is 1.17 bits per heavy atom. The highest BCUT2D eigenvalue weighted by atomic mass is 35.5. The quantitative estimate of drug-likeness (QED) is 0.562. The SMILES string of the molecule is Cn1c(-c2cc(N3CCCn4cnc(CO)c4C3)ncc2Cl)nc2ccccc21. The number of aliphatic hydroxyl groups is 1. The number of benzene rings is 1. The van der Waals surface area contributed by atoms with Crippen molar-refractivity contribution in [3.63, 3.8) is 0 Å². The molecule has 8 heteroatoms. The number of imidazole rings is 2. The lowest BCUT2D eigenvalue weighted by Gasteiger charge is -2.22. The Morgan fingerprint density at radius 3 is 2.86 bits per heavy atom. The van der Waals surface area contributed by atoms with Gasteiger partial charge < -0.3 is 19.1 Å². The molecule has 4 aromatic rings. The molecule has 0 bridgehead atoms. The number of halogens is 1. The summed E-state index contributed by atoms with van der Waals surface area (Å²) in [4.78, 5) is 15.9. The molecule has 1 aliphatic heterocycles. The van der Waals surface area contributed by atoms with Gasteiger partial charge in [-0.05, 0) is 24.6 Å². The number of hydrogen-bond donors (Lipinski definition) is 1. The van der Waals surface area contributed by atoms with Gasteiger partial charge in [-0.3, -0.25) is 0 Å². The Kier molecular flexibility index (Phi) is 4.49. The van der Waals surface area contributed by atoms with Gasteiger partial charge in [-0.2, -0.15) is 0 Å². The zero-order chi connectivity index (χ0) is 20.0. The van der Waals surface area contributed by atoms with Crippen molar-refractivity contribution >= 4 is 28.5 Å². The second-order valence-corrected chi connectivity index (χ2v) is 7.68. The molecular weight excluding hydrogens is 388 g/mol. The highest BCUT2D eigenvalue weighted by molar-refractivity contribution is 6.33. The maximum absolute atomic E-state index is 9.62. The van der Waals surface area contributed by atoms with E-state index in [1.165, 1.54) is 0 Å². The van der Waals surface area contributed by atoms with Gasteiger partial charge in [0.1, 0.15) is 11.6 Å². The summed E-state index contributed by atoms with van der Waals surface area (Å²) in [5, 5.41) is 10.2. The molecule has 0 spiro atoms. The summed E-state index contributed by atoms with van der Waals surface area (Å²) in [7, 11) is 2.00. The third-order valence-electron chi connectivity index (χ3n) is 5.54. The number of pyridine rings is 1. The predicted molar refractivity (Wildman–Crippen MR) is 113 cm³/mol. The van der Waals surface area contributed by atoms with E-state index >= 15 is 0 Å². The number of aryl methyl sites for hydroxylation is 2. The van der Waals surface area contributed by atoms with Crippen LogP contribution in [0, 0.1) is 0 Å². The van der Waals surface area contributed by atoms with Crippen molar-refractivity contribution in [3.8, 4) is 11.4 Å². The summed E-state index contributed by atoms with van der Waals surface area (Å²) in [5.41, 5.74) is 4.61. The van der Waals surface area contributed by atoms with Crippen molar-refractivity contribution in [2.45, 2.75) is 26.1 Å². The molecule has 0 radical (unpaired) electrons. The first kappa shape index (κ1) is 18.1. The number of aliphatic hydroxyl groups excluding tert-OH is 1. The zero-order valence-corrected chi connectivity index (χ0v) is 16.8. The van der Waals surface area contributed by atoms with E-state index in [1.54, 1.807) is 6.20 Å². The Hall–Kier alpha value is -2.90. The molecule has 0 saturated carbocycles. The van der Waals surface area contributed by atoms with Gasteiger partial charge in [0.25, 0.3) is 0 Å². The Balaban J connectivity index is 1.56. The Morgan fingerprint density at radius 2 is 2.03 bits per heavy atom. The average Bonchev–Trinajstić information content (AvgIpc) is 3.21. The summed E-state index contributed by atoms with van der Waals surface area (Å²) in [6.07, 6.45) is 4.48. The third-order valence-corrected chi connectivity index (χ3v) is 5.84. The molecule has 7 nitrogen and oxygen atoms in total. The highest BCUT2D eigenvalue weighted by Crippen LogP contribution is 2.32. The Bertz CT molecular complexity index is 1200. The molecule has 0 amide bonds. The van der Waals surface area contributed by atoms with Gasteiger partial charge in [-0.15, -0.1) is 0 Å². The standard InChI is InChI=1S/C21H21ClN6O/c1-26-18-6-3-2-5-16(18)25-21(26)14-9-20(23-10-15(14)22)27-7-4-8-28-13-24-17(12-29)19(28)11-27/h2-3,5-6,9-10,13,29H,4,7-8,11-12H2,1H3. The number of para-hydroxylation sites is 2. The average molecular weight is 409 g/mol. The number of hydrogen-bond acceptors (Lipinski definition) is 5. The van der Waals surface area contributed by atoms with Crippen LogP contribution in [0.1, 0.15) is 17.8 Å². The van der Waals surface area contributed by atoms with E-state index in [2.05, 4.69) is 24.0 Å². The number of nitrogens with zero attached hydrogens (tertiary/aromatic N) is 6. The van der Waals surface area contributed by atoms with Crippen molar-refractivity contribution in [1.29, 1.82) is 0 Å². The van der Waals surface area contributed by atoms with Gasteiger partial charge in [-0.25, -0.2) is 15.0 Å². The summed E-state index contributed by atoms with van der Waals surface area (Å²) < 4.78 is 4.18. The van der Waals surface area contributed by atoms with Crippen LogP contribution >= 0.6 is 11.6 Å². The van der Waals surface area contributed by atoms with Gasteiger partial charge in [0.05, 0.1) is 46.9 Å². The van der Waals surface area contributed by atoms with E-state index in [0.717, 1.165) is 59.1 Å². The molecule has 0 saturated heterocycles. The molecule has 29 heavy (non-hydrogen) atoms. The monoisotopic (exact) mass is 408 g/mol. The summed E-state index contributed by atoms with van der Waals surface area (Å²) in [6, 6.07) is 10.0. The first-order valence-electron chi connectivity index (χ1n) is 9.62. The lowest BCUT2D eigenvalue weighted by Crippen LogP contribution is -2.24. The van der Waals surface area contributed by atoms with Crippen molar-refractivity contribution < 1.29 is 5.11 Å². The van der Waals surface area contributed by atoms with Crippen LogP contribution in [0.4, 0.5) is 5.82 Å². The van der Waals surface area contributed by atoms with E-state index in [0.29, 0.717) is 11.6 Å². The van der Waals surface area contributed by atoms with E-state index in [1.807, 2.05) is 43.7 Å². The minimum absolute atomic E-state index is 0.0602. The lowest BCUT2D eigenvalue weighted by molar-refractivity contribution is 0.276. The maximum Gasteiger partial charge on any atom is 0.142 e. The second kappa shape index (κ2) is 7.17. The smallest absolute Gasteiger partial charge is 0.142 e. The predicted octanol–water partition coefficient (Wildman–Crippen LogP) is 3.39. The van der Waals surface area contributed by atoms with Crippen LogP contribution in [-0.4, -0.2) is 35.7 Å². The molecular formula is C21H21ClN6O. The van der Waals surface area contributed by atoms with Crippen LogP contribution in [-0.2, 0) is 26.7 Å². The van der Waals surface area contributed by atoms with Crippen LogP contribution in [0.2, 0.25) is 5.02 Å².